The summed E-state index contributed by atoms with van der Waals surface area (Å²) in [6, 6.07) is 0. The third-order valence-corrected chi connectivity index (χ3v) is 5.08. The molecule has 0 aromatic rings. The molecule has 0 aromatic heterocycles. The Morgan fingerprint density at radius 3 is 3.13 bits per heavy atom. The first-order valence-corrected chi connectivity index (χ1v) is 6.49. The van der Waals surface area contributed by atoms with Gasteiger partial charge in [-0.3, -0.25) is 4.79 Å². The van der Waals surface area contributed by atoms with Crippen molar-refractivity contribution in [3.8, 4) is 0 Å². The van der Waals surface area contributed by atoms with Gasteiger partial charge in [-0.25, -0.2) is 0 Å². The normalized spacial score (nSPS) is 46.5. The first-order valence-electron chi connectivity index (χ1n) is 6.49. The highest BCUT2D eigenvalue weighted by Gasteiger charge is 2.60. The molecule has 0 unspecified atom stereocenters. The van der Waals surface area contributed by atoms with E-state index >= 15 is 0 Å². The van der Waals surface area contributed by atoms with Crippen LogP contribution in [0.25, 0.3) is 0 Å². The van der Waals surface area contributed by atoms with Crippen molar-refractivity contribution in [2.24, 2.45) is 23.2 Å². The smallest absolute Gasteiger partial charge is 0.137 e. The van der Waals surface area contributed by atoms with Gasteiger partial charge in [-0.1, -0.05) is 31.9 Å². The van der Waals surface area contributed by atoms with Crippen LogP contribution in [0, 0.1) is 23.2 Å². The molecule has 1 nitrogen and oxygen atoms in total. The van der Waals surface area contributed by atoms with E-state index in [1.807, 2.05) is 0 Å². The van der Waals surface area contributed by atoms with Crippen LogP contribution in [0.5, 0.6) is 0 Å². The zero-order chi connectivity index (χ0) is 10.5. The van der Waals surface area contributed by atoms with Crippen LogP contribution in [0.1, 0.15) is 45.4 Å². The van der Waals surface area contributed by atoms with Crippen LogP contribution in [0.15, 0.2) is 12.2 Å². The van der Waals surface area contributed by atoms with E-state index in [0.717, 1.165) is 12.3 Å². The van der Waals surface area contributed by atoms with Gasteiger partial charge in [0, 0.05) is 12.3 Å². The van der Waals surface area contributed by atoms with Crippen molar-refractivity contribution in [2.75, 3.05) is 0 Å². The Kier molecular flexibility index (Phi) is 2.05. The number of carbonyl (C=O) groups is 1. The summed E-state index contributed by atoms with van der Waals surface area (Å²) in [5.74, 6) is 2.34. The maximum absolute atomic E-state index is 12.0. The maximum Gasteiger partial charge on any atom is 0.137 e. The van der Waals surface area contributed by atoms with E-state index in [0.29, 0.717) is 23.0 Å². The van der Waals surface area contributed by atoms with Gasteiger partial charge in [0.05, 0.1) is 0 Å². The molecule has 82 valence electrons. The minimum absolute atomic E-state index is 0.409. The molecule has 3 aliphatic rings. The van der Waals surface area contributed by atoms with Crippen molar-refractivity contribution >= 4 is 5.78 Å². The molecule has 2 bridgehead atoms. The number of unbranched alkanes of at least 4 members (excludes halogenated alkanes) is 1. The standard InChI is InChI=1S/C14H20O/c1-2-3-7-14-8-6-12(15)13(14)10-4-5-11(14)9-10/h4-5,10-11,13H,2-3,6-9H2,1H3/t10-,11+,13-,14-/m1/s1. The molecule has 2 saturated carbocycles. The fourth-order valence-corrected chi connectivity index (χ4v) is 4.44. The number of rotatable bonds is 3. The Balaban J connectivity index is 1.91. The molecule has 0 heterocycles. The van der Waals surface area contributed by atoms with Crippen molar-refractivity contribution in [1.29, 1.82) is 0 Å². The van der Waals surface area contributed by atoms with Crippen molar-refractivity contribution in [1.82, 2.24) is 0 Å². The predicted octanol–water partition coefficient (Wildman–Crippen LogP) is 3.35. The van der Waals surface area contributed by atoms with Gasteiger partial charge in [-0.05, 0) is 36.5 Å². The number of carbonyl (C=O) groups excluding carboxylic acids is 1. The SMILES string of the molecule is CCCC[C@]12CCC(=O)[C@H]1[C@@H]1C=C[C@H]2C1. The van der Waals surface area contributed by atoms with E-state index in [2.05, 4.69) is 19.1 Å². The van der Waals surface area contributed by atoms with Crippen molar-refractivity contribution in [3.63, 3.8) is 0 Å². The summed E-state index contributed by atoms with van der Waals surface area (Å²) in [7, 11) is 0. The quantitative estimate of drug-likeness (QED) is 0.644. The molecule has 3 aliphatic carbocycles. The van der Waals surface area contributed by atoms with Crippen molar-refractivity contribution in [2.45, 2.75) is 45.4 Å². The van der Waals surface area contributed by atoms with Crippen LogP contribution in [0.4, 0.5) is 0 Å². The molecule has 0 N–H and O–H groups in total. The highest BCUT2D eigenvalue weighted by molar-refractivity contribution is 5.85. The van der Waals surface area contributed by atoms with E-state index in [4.69, 9.17) is 0 Å². The average Bonchev–Trinajstić information content (AvgIpc) is 2.88. The molecule has 0 aliphatic heterocycles. The summed E-state index contributed by atoms with van der Waals surface area (Å²) in [6.45, 7) is 2.26. The maximum atomic E-state index is 12.0. The Bertz CT molecular complexity index is 317. The van der Waals surface area contributed by atoms with Crippen LogP contribution in [-0.4, -0.2) is 5.78 Å². The number of Topliss-reactive ketones (excluding diaryl/α,β-unsaturated/α-hetero) is 1. The molecule has 0 saturated heterocycles. The van der Waals surface area contributed by atoms with E-state index in [9.17, 15) is 4.79 Å². The molecular formula is C14H20O. The van der Waals surface area contributed by atoms with Gasteiger partial charge >= 0.3 is 0 Å². The number of allylic oxidation sites excluding steroid dienone is 2. The lowest BCUT2D eigenvalue weighted by Crippen LogP contribution is -2.32. The Hall–Kier alpha value is -0.590. The van der Waals surface area contributed by atoms with E-state index in [1.54, 1.807) is 0 Å². The molecule has 4 atom stereocenters. The fraction of sp³-hybridized carbons (Fsp3) is 0.786. The zero-order valence-electron chi connectivity index (χ0n) is 9.54. The first-order chi connectivity index (χ1) is 7.28. The third kappa shape index (κ3) is 1.12. The van der Waals surface area contributed by atoms with Gasteiger partial charge in [0.2, 0.25) is 0 Å². The minimum atomic E-state index is 0.409. The van der Waals surface area contributed by atoms with Gasteiger partial charge in [0.25, 0.3) is 0 Å². The first kappa shape index (κ1) is 9.62. The van der Waals surface area contributed by atoms with Crippen molar-refractivity contribution < 1.29 is 4.79 Å². The number of hydrogen-bond donors (Lipinski definition) is 0. The third-order valence-electron chi connectivity index (χ3n) is 5.08. The zero-order valence-corrected chi connectivity index (χ0v) is 9.54. The summed E-state index contributed by atoms with van der Waals surface area (Å²) in [6.07, 6.45) is 11.9. The predicted molar refractivity (Wildman–Crippen MR) is 60.4 cm³/mol. The van der Waals surface area contributed by atoms with Gasteiger partial charge in [-0.2, -0.15) is 0 Å². The van der Waals surface area contributed by atoms with Crippen LogP contribution in [0.2, 0.25) is 0 Å². The number of ketones is 1. The lowest BCUT2D eigenvalue weighted by molar-refractivity contribution is -0.122. The Labute approximate surface area is 91.9 Å². The van der Waals surface area contributed by atoms with Crippen molar-refractivity contribution in [3.05, 3.63) is 12.2 Å². The topological polar surface area (TPSA) is 17.1 Å². The highest BCUT2D eigenvalue weighted by Crippen LogP contribution is 2.64. The Morgan fingerprint density at radius 2 is 2.33 bits per heavy atom. The summed E-state index contributed by atoms with van der Waals surface area (Å²) in [5.41, 5.74) is 0.409. The van der Waals surface area contributed by atoms with Crippen LogP contribution >= 0.6 is 0 Å². The molecule has 2 fully saturated rings. The number of hydrogen-bond acceptors (Lipinski definition) is 1. The van der Waals surface area contributed by atoms with E-state index in [-0.39, 0.29) is 0 Å². The molecule has 15 heavy (non-hydrogen) atoms. The molecular weight excluding hydrogens is 184 g/mol. The van der Waals surface area contributed by atoms with Gasteiger partial charge < -0.3 is 0 Å². The molecule has 3 rings (SSSR count). The van der Waals surface area contributed by atoms with Gasteiger partial charge in [-0.15, -0.1) is 0 Å². The monoisotopic (exact) mass is 204 g/mol. The van der Waals surface area contributed by atoms with Crippen LogP contribution in [-0.2, 0) is 4.79 Å². The molecule has 0 aromatic carbocycles. The summed E-state index contributed by atoms with van der Waals surface area (Å²) in [5, 5.41) is 0. The Morgan fingerprint density at radius 1 is 1.47 bits per heavy atom. The molecule has 0 amide bonds. The number of fused-ring (bicyclic) bond motifs is 5. The average molecular weight is 204 g/mol. The summed E-state index contributed by atoms with van der Waals surface area (Å²) in [4.78, 5) is 12.0. The van der Waals surface area contributed by atoms with E-state index < -0.39 is 0 Å². The second kappa shape index (κ2) is 3.20. The summed E-state index contributed by atoms with van der Waals surface area (Å²) < 4.78 is 0. The molecule has 0 spiro atoms. The minimum Gasteiger partial charge on any atom is -0.299 e. The fourth-order valence-electron chi connectivity index (χ4n) is 4.44. The molecule has 1 heteroatoms. The summed E-state index contributed by atoms with van der Waals surface area (Å²) >= 11 is 0. The van der Waals surface area contributed by atoms with Crippen LogP contribution < -0.4 is 0 Å². The largest absolute Gasteiger partial charge is 0.299 e. The van der Waals surface area contributed by atoms with Crippen LogP contribution in [0.3, 0.4) is 0 Å². The van der Waals surface area contributed by atoms with E-state index in [1.165, 1.54) is 32.1 Å². The lowest BCUT2D eigenvalue weighted by atomic mass is 9.67. The lowest BCUT2D eigenvalue weighted by Gasteiger charge is -2.36. The van der Waals surface area contributed by atoms with Gasteiger partial charge in [0.1, 0.15) is 5.78 Å². The second-order valence-electron chi connectivity index (χ2n) is 5.67. The van der Waals surface area contributed by atoms with Gasteiger partial charge in [0.15, 0.2) is 0 Å². The highest BCUT2D eigenvalue weighted by atomic mass is 16.1. The second-order valence-corrected chi connectivity index (χ2v) is 5.67. The molecule has 0 radical (unpaired) electrons.